The summed E-state index contributed by atoms with van der Waals surface area (Å²) in [7, 11) is 0. The summed E-state index contributed by atoms with van der Waals surface area (Å²) in [5, 5.41) is 9.72. The maximum absolute atomic E-state index is 12.9. The number of nitrogens with zero attached hydrogens (tertiary/aromatic N) is 6. The van der Waals surface area contributed by atoms with Gasteiger partial charge in [0.15, 0.2) is 11.4 Å². The monoisotopic (exact) mass is 432 g/mol. The Labute approximate surface area is 186 Å². The van der Waals surface area contributed by atoms with Gasteiger partial charge in [0.05, 0.1) is 17.8 Å². The number of amides is 1. The first-order valence-electron chi connectivity index (χ1n) is 11.2. The minimum absolute atomic E-state index is 0.199. The van der Waals surface area contributed by atoms with Crippen LogP contribution in [0.5, 0.6) is 0 Å². The molecule has 0 saturated carbocycles. The molecule has 4 aromatic rings. The molecule has 1 aliphatic rings. The highest BCUT2D eigenvalue weighted by Gasteiger charge is 2.23. The summed E-state index contributed by atoms with van der Waals surface area (Å²) >= 11 is 0. The van der Waals surface area contributed by atoms with E-state index in [0.29, 0.717) is 12.8 Å². The number of carbonyl (C=O) groups is 1. The Morgan fingerprint density at radius 3 is 2.62 bits per heavy atom. The van der Waals surface area contributed by atoms with Crippen LogP contribution in [0.2, 0.25) is 0 Å². The van der Waals surface area contributed by atoms with E-state index in [1.807, 2.05) is 47.5 Å². The molecule has 0 N–H and O–H groups in total. The molecule has 0 aliphatic carbocycles. The van der Waals surface area contributed by atoms with Crippen LogP contribution in [0.4, 0.5) is 0 Å². The van der Waals surface area contributed by atoms with E-state index in [1.54, 1.807) is 0 Å². The fraction of sp³-hybridized carbons (Fsp3) is 0.417. The van der Waals surface area contributed by atoms with Gasteiger partial charge in [-0.25, -0.2) is 9.50 Å². The molecule has 0 radical (unpaired) electrons. The molecule has 1 aromatic carbocycles. The molecule has 5 rings (SSSR count). The summed E-state index contributed by atoms with van der Waals surface area (Å²) < 4.78 is 7.23. The molecule has 3 aromatic heterocycles. The van der Waals surface area contributed by atoms with E-state index in [-0.39, 0.29) is 5.91 Å². The second kappa shape index (κ2) is 8.35. The van der Waals surface area contributed by atoms with E-state index >= 15 is 0 Å². The highest BCUT2D eigenvalue weighted by atomic mass is 16.5. The third kappa shape index (κ3) is 3.86. The fourth-order valence-electron chi connectivity index (χ4n) is 4.59. The number of aromatic nitrogens is 4. The normalized spacial score (nSPS) is 15.2. The number of aryl methyl sites for hydroxylation is 3. The standard InChI is InChI=1S/C24H28N6O2/c1-16-14-19(32-27-16)15-28-10-12-29(13-11-28)23(31)9-8-20-17(2)25-24-21-6-4-5-7-22(21)26-30(24)18(20)3/h4-7,14H,8-13,15H2,1-3H3. The topological polar surface area (TPSA) is 79.8 Å². The van der Waals surface area contributed by atoms with Gasteiger partial charge in [0.2, 0.25) is 5.91 Å². The van der Waals surface area contributed by atoms with Gasteiger partial charge < -0.3 is 9.42 Å². The highest BCUT2D eigenvalue weighted by Crippen LogP contribution is 2.23. The molecule has 8 heteroatoms. The minimum atomic E-state index is 0.199. The molecule has 1 aliphatic heterocycles. The van der Waals surface area contributed by atoms with Gasteiger partial charge in [-0.1, -0.05) is 17.3 Å². The Hall–Kier alpha value is -3.26. The van der Waals surface area contributed by atoms with Crippen LogP contribution in [-0.2, 0) is 17.8 Å². The number of rotatable bonds is 5. The first kappa shape index (κ1) is 20.6. The summed E-state index contributed by atoms with van der Waals surface area (Å²) in [6, 6.07) is 10.0. The average Bonchev–Trinajstić information content (AvgIpc) is 3.37. The molecule has 1 fully saturated rings. The average molecular weight is 433 g/mol. The van der Waals surface area contributed by atoms with Gasteiger partial charge in [0.25, 0.3) is 0 Å². The van der Waals surface area contributed by atoms with Crippen LogP contribution < -0.4 is 0 Å². The van der Waals surface area contributed by atoms with Crippen molar-refractivity contribution in [2.24, 2.45) is 0 Å². The number of benzene rings is 1. The second-order valence-corrected chi connectivity index (χ2v) is 8.61. The Morgan fingerprint density at radius 2 is 1.88 bits per heavy atom. The van der Waals surface area contributed by atoms with E-state index in [1.165, 1.54) is 0 Å². The molecular weight excluding hydrogens is 404 g/mol. The Bertz CT molecular complexity index is 1280. The lowest BCUT2D eigenvalue weighted by molar-refractivity contribution is -0.133. The van der Waals surface area contributed by atoms with E-state index in [4.69, 9.17) is 14.6 Å². The molecule has 166 valence electrons. The zero-order valence-electron chi connectivity index (χ0n) is 18.8. The van der Waals surface area contributed by atoms with Crippen LogP contribution in [0.1, 0.15) is 34.8 Å². The number of carbonyl (C=O) groups excluding carboxylic acids is 1. The summed E-state index contributed by atoms with van der Waals surface area (Å²) in [5.74, 6) is 1.08. The van der Waals surface area contributed by atoms with Crippen LogP contribution in [0, 0.1) is 20.8 Å². The molecule has 32 heavy (non-hydrogen) atoms. The predicted octanol–water partition coefficient (Wildman–Crippen LogP) is 3.07. The molecule has 4 heterocycles. The van der Waals surface area contributed by atoms with Crippen LogP contribution >= 0.6 is 0 Å². The molecule has 8 nitrogen and oxygen atoms in total. The van der Waals surface area contributed by atoms with Crippen LogP contribution in [0.25, 0.3) is 16.6 Å². The van der Waals surface area contributed by atoms with Crippen molar-refractivity contribution in [3.63, 3.8) is 0 Å². The largest absolute Gasteiger partial charge is 0.360 e. The SMILES string of the molecule is Cc1cc(CN2CCN(C(=O)CCc3c(C)nc4c5ccccc5nn4c3C)CC2)on1. The van der Waals surface area contributed by atoms with E-state index in [0.717, 1.165) is 77.7 Å². The quantitative estimate of drug-likeness (QED) is 0.482. The van der Waals surface area contributed by atoms with Gasteiger partial charge in [-0.3, -0.25) is 9.69 Å². The van der Waals surface area contributed by atoms with Crippen LogP contribution in [-0.4, -0.2) is 61.6 Å². The zero-order valence-corrected chi connectivity index (χ0v) is 18.8. The number of hydrogen-bond donors (Lipinski definition) is 0. The lowest BCUT2D eigenvalue weighted by atomic mass is 10.1. The van der Waals surface area contributed by atoms with Crippen molar-refractivity contribution in [1.82, 2.24) is 29.6 Å². The van der Waals surface area contributed by atoms with Crippen molar-refractivity contribution >= 4 is 22.5 Å². The molecule has 1 saturated heterocycles. The maximum atomic E-state index is 12.9. The first-order chi connectivity index (χ1) is 15.5. The second-order valence-electron chi connectivity index (χ2n) is 8.61. The van der Waals surface area contributed by atoms with Crippen molar-refractivity contribution in [2.75, 3.05) is 26.2 Å². The number of fused-ring (bicyclic) bond motifs is 3. The van der Waals surface area contributed by atoms with Gasteiger partial charge in [-0.05, 0) is 44.9 Å². The Balaban J connectivity index is 1.23. The zero-order chi connectivity index (χ0) is 22.2. The summed E-state index contributed by atoms with van der Waals surface area (Å²) in [5.41, 5.74) is 5.86. The van der Waals surface area contributed by atoms with Gasteiger partial charge in [0, 0.05) is 55.4 Å². The lowest BCUT2D eigenvalue weighted by Gasteiger charge is -2.34. The van der Waals surface area contributed by atoms with Crippen molar-refractivity contribution in [3.8, 4) is 0 Å². The molecule has 0 atom stereocenters. The van der Waals surface area contributed by atoms with Gasteiger partial charge in [-0.15, -0.1) is 0 Å². The van der Waals surface area contributed by atoms with Crippen molar-refractivity contribution < 1.29 is 9.32 Å². The first-order valence-corrected chi connectivity index (χ1v) is 11.2. The van der Waals surface area contributed by atoms with Crippen molar-refractivity contribution in [3.05, 3.63) is 58.7 Å². The van der Waals surface area contributed by atoms with E-state index in [2.05, 4.69) is 23.0 Å². The third-order valence-electron chi connectivity index (χ3n) is 6.39. The minimum Gasteiger partial charge on any atom is -0.360 e. The predicted molar refractivity (Wildman–Crippen MR) is 121 cm³/mol. The lowest BCUT2D eigenvalue weighted by Crippen LogP contribution is -2.48. The Kier molecular flexibility index (Phi) is 5.38. The molecule has 0 bridgehead atoms. The fourth-order valence-corrected chi connectivity index (χ4v) is 4.59. The van der Waals surface area contributed by atoms with E-state index < -0.39 is 0 Å². The Morgan fingerprint density at radius 1 is 1.09 bits per heavy atom. The number of hydrogen-bond acceptors (Lipinski definition) is 6. The van der Waals surface area contributed by atoms with Gasteiger partial charge >= 0.3 is 0 Å². The van der Waals surface area contributed by atoms with Gasteiger partial charge in [-0.2, -0.15) is 5.10 Å². The van der Waals surface area contributed by atoms with Crippen molar-refractivity contribution in [1.29, 1.82) is 0 Å². The highest BCUT2D eigenvalue weighted by molar-refractivity contribution is 5.92. The summed E-state index contributed by atoms with van der Waals surface area (Å²) in [4.78, 5) is 22.0. The molecule has 0 spiro atoms. The number of piperazine rings is 1. The third-order valence-corrected chi connectivity index (χ3v) is 6.39. The van der Waals surface area contributed by atoms with Crippen LogP contribution in [0.3, 0.4) is 0 Å². The molecular formula is C24H28N6O2. The summed E-state index contributed by atoms with van der Waals surface area (Å²) in [6.07, 6.45) is 1.16. The smallest absolute Gasteiger partial charge is 0.222 e. The van der Waals surface area contributed by atoms with Crippen molar-refractivity contribution in [2.45, 2.75) is 40.2 Å². The van der Waals surface area contributed by atoms with Gasteiger partial charge in [0.1, 0.15) is 0 Å². The van der Waals surface area contributed by atoms with E-state index in [9.17, 15) is 4.79 Å². The maximum Gasteiger partial charge on any atom is 0.222 e. The molecule has 1 amide bonds. The molecule has 0 unspecified atom stereocenters. The summed E-state index contributed by atoms with van der Waals surface area (Å²) in [6.45, 7) is 9.93. The van der Waals surface area contributed by atoms with Crippen LogP contribution in [0.15, 0.2) is 34.9 Å².